The second kappa shape index (κ2) is 5.29. The van der Waals surface area contributed by atoms with Crippen molar-refractivity contribution in [3.05, 3.63) is 41.8 Å². The van der Waals surface area contributed by atoms with Crippen molar-refractivity contribution in [1.82, 2.24) is 9.97 Å². The number of hydrogen-bond acceptors (Lipinski definition) is 3. The molecule has 7 heteroatoms. The van der Waals surface area contributed by atoms with Gasteiger partial charge in [0.25, 0.3) is 5.88 Å². The van der Waals surface area contributed by atoms with Gasteiger partial charge in [0.1, 0.15) is 5.75 Å². The molecule has 90 valence electrons. The SMILES string of the molecule is F[SH](F)c1ccc(Oc2nccnc2Cl)cc1. The summed E-state index contributed by atoms with van der Waals surface area (Å²) < 4.78 is 30.0. The molecule has 1 heterocycles. The van der Waals surface area contributed by atoms with Crippen molar-refractivity contribution in [3.8, 4) is 11.6 Å². The van der Waals surface area contributed by atoms with Crippen molar-refractivity contribution in [2.45, 2.75) is 4.90 Å². The lowest BCUT2D eigenvalue weighted by Gasteiger charge is -2.06. The van der Waals surface area contributed by atoms with Gasteiger partial charge >= 0.3 is 0 Å². The third-order valence-corrected chi connectivity index (χ3v) is 2.82. The maximum atomic E-state index is 12.4. The summed E-state index contributed by atoms with van der Waals surface area (Å²) >= 11 is 2.66. The van der Waals surface area contributed by atoms with Crippen molar-refractivity contribution in [2.24, 2.45) is 0 Å². The number of hydrogen-bond donors (Lipinski definition) is 1. The van der Waals surface area contributed by atoms with E-state index in [0.717, 1.165) is 0 Å². The van der Waals surface area contributed by atoms with Crippen molar-refractivity contribution < 1.29 is 12.5 Å². The van der Waals surface area contributed by atoms with Crippen molar-refractivity contribution >= 4 is 23.3 Å². The summed E-state index contributed by atoms with van der Waals surface area (Å²) in [6.07, 6.45) is 2.86. The van der Waals surface area contributed by atoms with Crippen LogP contribution in [-0.4, -0.2) is 9.97 Å². The van der Waals surface area contributed by atoms with Gasteiger partial charge in [0.2, 0.25) is 0 Å². The first kappa shape index (κ1) is 12.1. The van der Waals surface area contributed by atoms with Crippen LogP contribution in [0.25, 0.3) is 0 Å². The quantitative estimate of drug-likeness (QED) is 0.859. The Morgan fingerprint density at radius 3 is 2.29 bits per heavy atom. The summed E-state index contributed by atoms with van der Waals surface area (Å²) in [6.45, 7) is 0. The van der Waals surface area contributed by atoms with Crippen LogP contribution in [-0.2, 0) is 0 Å². The Morgan fingerprint density at radius 2 is 1.71 bits per heavy atom. The molecular weight excluding hydrogens is 270 g/mol. The molecule has 0 N–H and O–H groups in total. The number of ether oxygens (including phenoxy) is 1. The smallest absolute Gasteiger partial charge is 0.257 e. The van der Waals surface area contributed by atoms with Gasteiger partial charge in [-0.15, -0.1) is 0 Å². The number of benzene rings is 1. The number of halogens is 3. The zero-order valence-electron chi connectivity index (χ0n) is 8.35. The molecule has 0 radical (unpaired) electrons. The van der Waals surface area contributed by atoms with Gasteiger partial charge in [0.05, 0.1) is 11.7 Å². The standard InChI is InChI=1S/C10H7ClF2N2OS/c11-9-10(15-6-5-14-9)16-7-1-3-8(4-2-7)17(12)13/h1-6,17H. The lowest BCUT2D eigenvalue weighted by atomic mass is 10.3. The van der Waals surface area contributed by atoms with E-state index >= 15 is 0 Å². The van der Waals surface area contributed by atoms with Crippen LogP contribution in [0.5, 0.6) is 11.6 Å². The number of rotatable bonds is 3. The Balaban J connectivity index is 2.17. The third-order valence-electron chi connectivity index (χ3n) is 1.87. The Kier molecular flexibility index (Phi) is 3.75. The number of thiol groups is 1. The van der Waals surface area contributed by atoms with E-state index in [2.05, 4.69) is 9.97 Å². The van der Waals surface area contributed by atoms with Crippen molar-refractivity contribution in [1.29, 1.82) is 0 Å². The minimum atomic E-state index is -3.08. The third kappa shape index (κ3) is 3.04. The summed E-state index contributed by atoms with van der Waals surface area (Å²) in [5, 5.41) is 0.120. The van der Waals surface area contributed by atoms with E-state index in [4.69, 9.17) is 16.3 Å². The lowest BCUT2D eigenvalue weighted by molar-refractivity contribution is 0.460. The normalized spacial score (nSPS) is 11.1. The summed E-state index contributed by atoms with van der Waals surface area (Å²) in [6, 6.07) is 5.50. The number of aromatic nitrogens is 2. The molecule has 0 spiro atoms. The minimum Gasteiger partial charge on any atom is -0.436 e. The van der Waals surface area contributed by atoms with Gasteiger partial charge in [-0.2, -0.15) is 7.77 Å². The average molecular weight is 277 g/mol. The fourth-order valence-corrected chi connectivity index (χ4v) is 1.63. The fraction of sp³-hybridized carbons (Fsp3) is 0. The first-order valence-corrected chi connectivity index (χ1v) is 6.03. The Hall–Kier alpha value is -1.40. The van der Waals surface area contributed by atoms with Crippen LogP contribution in [0.4, 0.5) is 7.77 Å². The van der Waals surface area contributed by atoms with Gasteiger partial charge in [0.15, 0.2) is 5.15 Å². The second-order valence-electron chi connectivity index (χ2n) is 2.98. The molecule has 0 aliphatic rings. The Labute approximate surface area is 104 Å². The van der Waals surface area contributed by atoms with Gasteiger partial charge < -0.3 is 4.74 Å². The summed E-state index contributed by atoms with van der Waals surface area (Å²) in [4.78, 5) is 7.65. The highest BCUT2D eigenvalue weighted by atomic mass is 35.5. The van der Waals surface area contributed by atoms with E-state index in [1.54, 1.807) is 0 Å². The molecule has 0 bridgehead atoms. The van der Waals surface area contributed by atoms with Gasteiger partial charge in [-0.05, 0) is 24.3 Å². The highest BCUT2D eigenvalue weighted by molar-refractivity contribution is 8.07. The van der Waals surface area contributed by atoms with Crippen LogP contribution in [0.15, 0.2) is 41.6 Å². The number of nitrogens with zero attached hydrogens (tertiary/aromatic N) is 2. The zero-order valence-corrected chi connectivity index (χ0v) is 10.00. The zero-order chi connectivity index (χ0) is 12.3. The molecule has 1 aromatic carbocycles. The molecule has 0 amide bonds. The van der Waals surface area contributed by atoms with Crippen molar-refractivity contribution in [3.63, 3.8) is 0 Å². The molecule has 0 unspecified atom stereocenters. The highest BCUT2D eigenvalue weighted by Gasteiger charge is 2.06. The molecule has 2 rings (SSSR count). The molecule has 0 atom stereocenters. The van der Waals surface area contributed by atoms with Crippen LogP contribution in [0.1, 0.15) is 0 Å². The van der Waals surface area contributed by atoms with E-state index in [1.807, 2.05) is 0 Å². The predicted molar refractivity (Wildman–Crippen MR) is 63.0 cm³/mol. The van der Waals surface area contributed by atoms with E-state index in [1.165, 1.54) is 36.7 Å². The first-order valence-electron chi connectivity index (χ1n) is 4.53. The van der Waals surface area contributed by atoms with Gasteiger partial charge in [0, 0.05) is 17.3 Å². The molecule has 3 nitrogen and oxygen atoms in total. The summed E-state index contributed by atoms with van der Waals surface area (Å²) in [7, 11) is 0. The largest absolute Gasteiger partial charge is 0.436 e. The van der Waals surface area contributed by atoms with Crippen LogP contribution in [0.3, 0.4) is 0 Å². The van der Waals surface area contributed by atoms with E-state index in [9.17, 15) is 7.77 Å². The average Bonchev–Trinajstić information content (AvgIpc) is 2.33. The topological polar surface area (TPSA) is 35.0 Å². The molecule has 0 saturated carbocycles. The molecule has 0 aliphatic carbocycles. The molecule has 2 aromatic rings. The van der Waals surface area contributed by atoms with E-state index in [0.29, 0.717) is 5.75 Å². The van der Waals surface area contributed by atoms with Gasteiger partial charge in [-0.25, -0.2) is 9.97 Å². The van der Waals surface area contributed by atoms with Gasteiger partial charge in [-0.3, -0.25) is 0 Å². The fourth-order valence-electron chi connectivity index (χ4n) is 1.12. The Morgan fingerprint density at radius 1 is 1.06 bits per heavy atom. The molecule has 1 aromatic heterocycles. The van der Waals surface area contributed by atoms with E-state index in [-0.39, 0.29) is 15.9 Å². The molecule has 0 saturated heterocycles. The summed E-state index contributed by atoms with van der Waals surface area (Å²) in [5.74, 6) is 0.526. The predicted octanol–water partition coefficient (Wildman–Crippen LogP) is 4.05. The second-order valence-corrected chi connectivity index (χ2v) is 4.32. The van der Waals surface area contributed by atoms with Crippen LogP contribution < -0.4 is 4.74 Å². The van der Waals surface area contributed by atoms with Crippen LogP contribution in [0.2, 0.25) is 5.15 Å². The Bertz CT molecular complexity index is 510. The maximum Gasteiger partial charge on any atom is 0.257 e. The lowest BCUT2D eigenvalue weighted by Crippen LogP contribution is -1.90. The monoisotopic (exact) mass is 276 g/mol. The summed E-state index contributed by atoms with van der Waals surface area (Å²) in [5.41, 5.74) is 0. The van der Waals surface area contributed by atoms with Crippen LogP contribution in [0, 0.1) is 0 Å². The molecule has 0 aliphatic heterocycles. The maximum absolute atomic E-state index is 12.4. The first-order chi connectivity index (χ1) is 8.16. The molecule has 17 heavy (non-hydrogen) atoms. The molecular formula is C10H7ClF2N2OS. The van der Waals surface area contributed by atoms with Crippen LogP contribution >= 0.6 is 23.3 Å². The van der Waals surface area contributed by atoms with Gasteiger partial charge in [-0.1, -0.05) is 11.6 Å². The van der Waals surface area contributed by atoms with E-state index < -0.39 is 11.7 Å². The van der Waals surface area contributed by atoms with Crippen molar-refractivity contribution in [2.75, 3.05) is 0 Å². The minimum absolute atomic E-state index is 0.00223. The molecule has 0 fully saturated rings. The highest BCUT2D eigenvalue weighted by Crippen LogP contribution is 2.39.